The smallest absolute Gasteiger partial charge is 0.317 e. The van der Waals surface area contributed by atoms with E-state index in [2.05, 4.69) is 39.6 Å². The van der Waals surface area contributed by atoms with Crippen LogP contribution in [-0.4, -0.2) is 40.0 Å². The SMILES string of the molecule is Cc1nccc(C2CCN(C(=O)N[C@H]3CCc4ccccc4C3)CC2)n1. The molecule has 1 fully saturated rings. The summed E-state index contributed by atoms with van der Waals surface area (Å²) in [6.07, 6.45) is 6.79. The van der Waals surface area contributed by atoms with Crippen molar-refractivity contribution in [2.75, 3.05) is 13.1 Å². The molecule has 2 aromatic rings. The lowest BCUT2D eigenvalue weighted by atomic mass is 9.88. The van der Waals surface area contributed by atoms with Crippen molar-refractivity contribution < 1.29 is 4.79 Å². The summed E-state index contributed by atoms with van der Waals surface area (Å²) in [5, 5.41) is 3.25. The van der Waals surface area contributed by atoms with E-state index in [9.17, 15) is 4.79 Å². The molecule has 26 heavy (non-hydrogen) atoms. The van der Waals surface area contributed by atoms with Gasteiger partial charge >= 0.3 is 6.03 Å². The fourth-order valence-electron chi connectivity index (χ4n) is 4.17. The molecule has 2 amide bonds. The van der Waals surface area contributed by atoms with E-state index in [4.69, 9.17) is 0 Å². The fraction of sp³-hybridized carbons (Fsp3) is 0.476. The van der Waals surface area contributed by atoms with Crippen molar-refractivity contribution in [3.05, 3.63) is 59.2 Å². The molecule has 1 aliphatic heterocycles. The number of carbonyl (C=O) groups is 1. The first kappa shape index (κ1) is 17.0. The number of hydrogen-bond acceptors (Lipinski definition) is 3. The van der Waals surface area contributed by atoms with Gasteiger partial charge in [0.15, 0.2) is 0 Å². The normalized spacial score (nSPS) is 20.5. The Hall–Kier alpha value is -2.43. The highest BCUT2D eigenvalue weighted by Crippen LogP contribution is 2.27. The molecule has 0 saturated carbocycles. The third-order valence-electron chi connectivity index (χ3n) is 5.67. The minimum Gasteiger partial charge on any atom is -0.335 e. The molecule has 1 atom stereocenters. The standard InChI is InChI=1S/C21H26N4O/c1-15-22-11-8-20(23-15)17-9-12-25(13-10-17)21(26)24-19-7-6-16-4-2-3-5-18(16)14-19/h2-5,8,11,17,19H,6-7,9-10,12-14H2,1H3,(H,24,26)/t19-/m0/s1. The van der Waals surface area contributed by atoms with Crippen LogP contribution in [0.3, 0.4) is 0 Å². The number of nitrogens with one attached hydrogen (secondary N) is 1. The second-order valence-electron chi connectivity index (χ2n) is 7.45. The maximum absolute atomic E-state index is 12.7. The minimum absolute atomic E-state index is 0.0895. The molecule has 1 aliphatic carbocycles. The van der Waals surface area contributed by atoms with Crippen LogP contribution in [0.25, 0.3) is 0 Å². The number of aryl methyl sites for hydroxylation is 2. The Morgan fingerprint density at radius 2 is 1.88 bits per heavy atom. The maximum atomic E-state index is 12.7. The van der Waals surface area contributed by atoms with Gasteiger partial charge in [-0.05, 0) is 56.2 Å². The third kappa shape index (κ3) is 3.71. The molecule has 0 radical (unpaired) electrons. The Bertz CT molecular complexity index is 783. The summed E-state index contributed by atoms with van der Waals surface area (Å²) >= 11 is 0. The van der Waals surface area contributed by atoms with Gasteiger partial charge in [0.2, 0.25) is 0 Å². The second kappa shape index (κ2) is 7.44. The van der Waals surface area contributed by atoms with Crippen molar-refractivity contribution in [3.63, 3.8) is 0 Å². The van der Waals surface area contributed by atoms with E-state index in [1.807, 2.05) is 24.1 Å². The lowest BCUT2D eigenvalue weighted by Crippen LogP contribution is -2.49. The summed E-state index contributed by atoms with van der Waals surface area (Å²) in [5.41, 5.74) is 3.92. The van der Waals surface area contributed by atoms with E-state index in [1.165, 1.54) is 11.1 Å². The highest BCUT2D eigenvalue weighted by Gasteiger charge is 2.27. The highest BCUT2D eigenvalue weighted by molar-refractivity contribution is 5.74. The van der Waals surface area contributed by atoms with Crippen LogP contribution < -0.4 is 5.32 Å². The Morgan fingerprint density at radius 1 is 1.12 bits per heavy atom. The van der Waals surface area contributed by atoms with E-state index in [0.717, 1.165) is 56.7 Å². The Balaban J connectivity index is 1.30. The molecule has 1 N–H and O–H groups in total. The molecule has 5 nitrogen and oxygen atoms in total. The number of amides is 2. The van der Waals surface area contributed by atoms with Crippen LogP contribution in [0.2, 0.25) is 0 Å². The van der Waals surface area contributed by atoms with Crippen molar-refractivity contribution in [2.24, 2.45) is 0 Å². The first-order valence-electron chi connectivity index (χ1n) is 9.61. The van der Waals surface area contributed by atoms with Gasteiger partial charge in [-0.3, -0.25) is 0 Å². The van der Waals surface area contributed by atoms with E-state index >= 15 is 0 Å². The van der Waals surface area contributed by atoms with Crippen LogP contribution in [-0.2, 0) is 12.8 Å². The maximum Gasteiger partial charge on any atom is 0.317 e. The fourth-order valence-corrected chi connectivity index (χ4v) is 4.17. The van der Waals surface area contributed by atoms with Gasteiger partial charge in [0.1, 0.15) is 5.82 Å². The van der Waals surface area contributed by atoms with Crippen LogP contribution in [0.1, 0.15) is 47.8 Å². The number of likely N-dealkylation sites (tertiary alicyclic amines) is 1. The van der Waals surface area contributed by atoms with Crippen LogP contribution in [0.5, 0.6) is 0 Å². The van der Waals surface area contributed by atoms with Crippen molar-refractivity contribution in [2.45, 2.75) is 51.0 Å². The lowest BCUT2D eigenvalue weighted by molar-refractivity contribution is 0.176. The molecule has 0 unspecified atom stereocenters. The summed E-state index contributed by atoms with van der Waals surface area (Å²) in [4.78, 5) is 23.4. The van der Waals surface area contributed by atoms with Gasteiger partial charge in [-0.2, -0.15) is 0 Å². The minimum atomic E-state index is 0.0895. The van der Waals surface area contributed by atoms with Crippen molar-refractivity contribution in [1.82, 2.24) is 20.2 Å². The molecular weight excluding hydrogens is 324 g/mol. The first-order chi connectivity index (χ1) is 12.7. The Kier molecular flexibility index (Phi) is 4.87. The summed E-state index contributed by atoms with van der Waals surface area (Å²) in [5.74, 6) is 1.25. The number of aromatic nitrogens is 2. The Labute approximate surface area is 154 Å². The molecule has 1 aromatic heterocycles. The molecule has 1 saturated heterocycles. The van der Waals surface area contributed by atoms with Gasteiger partial charge in [-0.1, -0.05) is 24.3 Å². The van der Waals surface area contributed by atoms with Gasteiger partial charge in [0, 0.05) is 36.9 Å². The first-order valence-corrected chi connectivity index (χ1v) is 9.61. The van der Waals surface area contributed by atoms with Crippen LogP contribution in [0, 0.1) is 6.92 Å². The number of hydrogen-bond donors (Lipinski definition) is 1. The van der Waals surface area contributed by atoms with E-state index in [0.29, 0.717) is 5.92 Å². The van der Waals surface area contributed by atoms with Gasteiger partial charge in [-0.25, -0.2) is 14.8 Å². The molecule has 136 valence electrons. The molecule has 2 heterocycles. The monoisotopic (exact) mass is 350 g/mol. The molecule has 0 spiro atoms. The number of urea groups is 1. The zero-order valence-electron chi connectivity index (χ0n) is 15.3. The summed E-state index contributed by atoms with van der Waals surface area (Å²) in [7, 11) is 0. The molecule has 1 aromatic carbocycles. The van der Waals surface area contributed by atoms with E-state index in [-0.39, 0.29) is 12.1 Å². The van der Waals surface area contributed by atoms with Crippen molar-refractivity contribution in [3.8, 4) is 0 Å². The molecule has 0 bridgehead atoms. The summed E-state index contributed by atoms with van der Waals surface area (Å²) < 4.78 is 0. The quantitative estimate of drug-likeness (QED) is 0.905. The molecule has 4 rings (SSSR count). The average Bonchev–Trinajstić information content (AvgIpc) is 2.68. The average molecular weight is 350 g/mol. The van der Waals surface area contributed by atoms with Crippen LogP contribution >= 0.6 is 0 Å². The molecular formula is C21H26N4O. The predicted molar refractivity (Wildman–Crippen MR) is 101 cm³/mol. The molecule has 2 aliphatic rings. The van der Waals surface area contributed by atoms with E-state index < -0.39 is 0 Å². The van der Waals surface area contributed by atoms with E-state index in [1.54, 1.807) is 0 Å². The zero-order valence-corrected chi connectivity index (χ0v) is 15.3. The van der Waals surface area contributed by atoms with Gasteiger partial charge < -0.3 is 10.2 Å². The van der Waals surface area contributed by atoms with Gasteiger partial charge in [-0.15, -0.1) is 0 Å². The second-order valence-corrected chi connectivity index (χ2v) is 7.45. The van der Waals surface area contributed by atoms with Gasteiger partial charge in [0.25, 0.3) is 0 Å². The zero-order chi connectivity index (χ0) is 17.9. The van der Waals surface area contributed by atoms with Crippen molar-refractivity contribution in [1.29, 1.82) is 0 Å². The van der Waals surface area contributed by atoms with Crippen LogP contribution in [0.15, 0.2) is 36.5 Å². The number of benzene rings is 1. The number of carbonyl (C=O) groups excluding carboxylic acids is 1. The number of piperidine rings is 1. The number of fused-ring (bicyclic) bond motifs is 1. The number of nitrogens with zero attached hydrogens (tertiary/aromatic N) is 3. The largest absolute Gasteiger partial charge is 0.335 e. The topological polar surface area (TPSA) is 58.1 Å². The predicted octanol–water partition coefficient (Wildman–Crippen LogP) is 3.23. The highest BCUT2D eigenvalue weighted by atomic mass is 16.2. The molecule has 5 heteroatoms. The van der Waals surface area contributed by atoms with Crippen molar-refractivity contribution >= 4 is 6.03 Å². The van der Waals surface area contributed by atoms with Gasteiger partial charge in [0.05, 0.1) is 0 Å². The lowest BCUT2D eigenvalue weighted by Gasteiger charge is -2.34. The summed E-state index contributed by atoms with van der Waals surface area (Å²) in [6, 6.07) is 10.9. The summed E-state index contributed by atoms with van der Waals surface area (Å²) in [6.45, 7) is 3.51. The third-order valence-corrected chi connectivity index (χ3v) is 5.67. The number of rotatable bonds is 2. The van der Waals surface area contributed by atoms with Crippen LogP contribution in [0.4, 0.5) is 4.79 Å². The Morgan fingerprint density at radius 3 is 2.65 bits per heavy atom.